The molecule has 0 aliphatic heterocycles. The number of hydrogen-bond acceptors (Lipinski definition) is 4. The van der Waals surface area contributed by atoms with Crippen LogP contribution in [0.25, 0.3) is 0 Å². The third-order valence-corrected chi connectivity index (χ3v) is 5.66. The van der Waals surface area contributed by atoms with Gasteiger partial charge in [0.2, 0.25) is 0 Å². The fourth-order valence-electron chi connectivity index (χ4n) is 3.35. The van der Waals surface area contributed by atoms with E-state index in [1.54, 1.807) is 24.3 Å². The van der Waals surface area contributed by atoms with Crippen molar-refractivity contribution in [2.45, 2.75) is 25.9 Å². The quantitative estimate of drug-likeness (QED) is 0.393. The number of rotatable bonds is 9. The second-order valence-corrected chi connectivity index (χ2v) is 8.72. The first-order valence-electron chi connectivity index (χ1n) is 9.65. The summed E-state index contributed by atoms with van der Waals surface area (Å²) in [4.78, 5) is 13.3. The highest BCUT2D eigenvalue weighted by Crippen LogP contribution is 2.29. The van der Waals surface area contributed by atoms with Gasteiger partial charge in [0.1, 0.15) is 12.4 Å². The van der Waals surface area contributed by atoms with E-state index in [0.29, 0.717) is 17.9 Å². The van der Waals surface area contributed by atoms with Crippen LogP contribution in [0.3, 0.4) is 0 Å². The van der Waals surface area contributed by atoms with E-state index in [2.05, 4.69) is 0 Å². The molecule has 156 valence electrons. The van der Waals surface area contributed by atoms with Crippen molar-refractivity contribution in [2.24, 2.45) is 0 Å². The van der Waals surface area contributed by atoms with E-state index in [9.17, 15) is 17.8 Å². The monoisotopic (exact) mass is 424 g/mol. The number of benzene rings is 3. The molecule has 0 fully saturated rings. The molecule has 30 heavy (non-hydrogen) atoms. The maximum atomic E-state index is 13.3. The normalized spacial score (nSPS) is 12.3. The molecule has 0 bridgehead atoms. The van der Waals surface area contributed by atoms with Crippen molar-refractivity contribution < 1.29 is 22.5 Å². The zero-order chi connectivity index (χ0) is 21.6. The Balaban J connectivity index is 1.84. The largest absolute Gasteiger partial charge is 0.489 e. The molecule has 3 aromatic carbocycles. The highest BCUT2D eigenvalue weighted by Gasteiger charge is 2.25. The number of Topliss-reactive ketones (excluding diaryl/α,β-unsaturated/α-hetero) is 1. The summed E-state index contributed by atoms with van der Waals surface area (Å²) in [5, 5.41) is 0. The van der Waals surface area contributed by atoms with Crippen LogP contribution in [0.4, 0.5) is 0 Å². The second kappa shape index (κ2) is 9.69. The molecule has 1 unspecified atom stereocenters. The van der Waals surface area contributed by atoms with Crippen LogP contribution in [-0.4, -0.2) is 24.5 Å². The van der Waals surface area contributed by atoms with Crippen molar-refractivity contribution >= 4 is 15.9 Å². The number of ketones is 1. The Kier molecular flexibility index (Phi) is 7.03. The highest BCUT2D eigenvalue weighted by atomic mass is 32.2. The van der Waals surface area contributed by atoms with Crippen LogP contribution in [0, 0.1) is 6.92 Å². The van der Waals surface area contributed by atoms with Crippen LogP contribution < -0.4 is 4.74 Å². The Labute approximate surface area is 177 Å². The van der Waals surface area contributed by atoms with Gasteiger partial charge in [-0.2, -0.15) is 8.42 Å². The van der Waals surface area contributed by atoms with Crippen LogP contribution in [0.2, 0.25) is 0 Å². The van der Waals surface area contributed by atoms with Crippen molar-refractivity contribution in [1.82, 2.24) is 0 Å². The summed E-state index contributed by atoms with van der Waals surface area (Å²) in [6.45, 7) is 2.25. The molecule has 0 spiro atoms. The standard InChI is InChI=1S/C24H24O5S/c1-18-8-5-6-13-22(18)23(14-15-30(26,27)28)24(25)20-11-7-12-21(16-20)29-17-19-9-3-2-4-10-19/h2-13,16,23H,14-15,17H2,1H3,(H,26,27,28). The summed E-state index contributed by atoms with van der Waals surface area (Å²) in [5.74, 6) is -0.819. The summed E-state index contributed by atoms with van der Waals surface area (Å²) in [6.07, 6.45) is -0.00236. The minimum atomic E-state index is -4.18. The Bertz CT molecular complexity index is 1110. The third kappa shape index (κ3) is 6.02. The lowest BCUT2D eigenvalue weighted by atomic mass is 9.86. The minimum Gasteiger partial charge on any atom is -0.489 e. The highest BCUT2D eigenvalue weighted by molar-refractivity contribution is 7.85. The van der Waals surface area contributed by atoms with E-state index in [1.807, 2.05) is 61.5 Å². The van der Waals surface area contributed by atoms with Crippen LogP contribution >= 0.6 is 0 Å². The molecule has 3 rings (SSSR count). The smallest absolute Gasteiger partial charge is 0.264 e. The van der Waals surface area contributed by atoms with E-state index < -0.39 is 21.8 Å². The first-order chi connectivity index (χ1) is 14.3. The summed E-state index contributed by atoms with van der Waals surface area (Å²) < 4.78 is 37.6. The van der Waals surface area contributed by atoms with Crippen molar-refractivity contribution in [3.8, 4) is 5.75 Å². The van der Waals surface area contributed by atoms with E-state index in [0.717, 1.165) is 16.7 Å². The van der Waals surface area contributed by atoms with Gasteiger partial charge in [0.15, 0.2) is 5.78 Å². The Morgan fingerprint density at radius 1 is 0.967 bits per heavy atom. The van der Waals surface area contributed by atoms with Crippen LogP contribution in [0.5, 0.6) is 5.75 Å². The molecule has 6 heteroatoms. The molecular weight excluding hydrogens is 400 g/mol. The lowest BCUT2D eigenvalue weighted by molar-refractivity contribution is 0.0957. The summed E-state index contributed by atoms with van der Waals surface area (Å²) >= 11 is 0. The SMILES string of the molecule is Cc1ccccc1C(CCS(=O)(=O)O)C(=O)c1cccc(OCc2ccccc2)c1. The van der Waals surface area contributed by atoms with Gasteiger partial charge in [-0.25, -0.2) is 0 Å². The van der Waals surface area contributed by atoms with Gasteiger partial charge in [-0.05, 0) is 42.2 Å². The zero-order valence-electron chi connectivity index (χ0n) is 16.7. The summed E-state index contributed by atoms with van der Waals surface area (Å²) in [7, 11) is -4.18. The van der Waals surface area contributed by atoms with Crippen LogP contribution in [-0.2, 0) is 16.7 Å². The van der Waals surface area contributed by atoms with Crippen molar-refractivity contribution in [1.29, 1.82) is 0 Å². The van der Waals surface area contributed by atoms with Gasteiger partial charge in [-0.1, -0.05) is 66.7 Å². The molecule has 0 saturated heterocycles. The van der Waals surface area contributed by atoms with Gasteiger partial charge in [0.05, 0.1) is 5.75 Å². The summed E-state index contributed by atoms with van der Waals surface area (Å²) in [6, 6.07) is 24.0. The predicted molar refractivity (Wildman–Crippen MR) is 116 cm³/mol. The average molecular weight is 425 g/mol. The number of aryl methyl sites for hydroxylation is 1. The fraction of sp³-hybridized carbons (Fsp3) is 0.208. The van der Waals surface area contributed by atoms with Gasteiger partial charge in [-0.15, -0.1) is 0 Å². The molecule has 1 atom stereocenters. The lowest BCUT2D eigenvalue weighted by Crippen LogP contribution is -2.18. The average Bonchev–Trinajstić information content (AvgIpc) is 2.73. The molecular formula is C24H24O5S. The zero-order valence-corrected chi connectivity index (χ0v) is 17.5. The van der Waals surface area contributed by atoms with E-state index in [4.69, 9.17) is 4.74 Å². The number of ether oxygens (including phenoxy) is 1. The first-order valence-corrected chi connectivity index (χ1v) is 11.3. The first kappa shape index (κ1) is 21.7. The number of hydrogen-bond donors (Lipinski definition) is 1. The van der Waals surface area contributed by atoms with Gasteiger partial charge >= 0.3 is 0 Å². The molecule has 0 aromatic heterocycles. The van der Waals surface area contributed by atoms with E-state index in [-0.39, 0.29) is 12.2 Å². The molecule has 0 saturated carbocycles. The number of carbonyl (C=O) groups is 1. The Morgan fingerprint density at radius 2 is 1.67 bits per heavy atom. The van der Waals surface area contributed by atoms with E-state index in [1.165, 1.54) is 0 Å². The van der Waals surface area contributed by atoms with Crippen LogP contribution in [0.1, 0.15) is 39.4 Å². The van der Waals surface area contributed by atoms with Gasteiger partial charge in [-0.3, -0.25) is 9.35 Å². The molecule has 0 heterocycles. The molecule has 0 amide bonds. The van der Waals surface area contributed by atoms with Gasteiger partial charge in [0.25, 0.3) is 10.1 Å². The fourth-order valence-corrected chi connectivity index (χ4v) is 3.89. The van der Waals surface area contributed by atoms with Gasteiger partial charge < -0.3 is 4.74 Å². The summed E-state index contributed by atoms with van der Waals surface area (Å²) in [5.41, 5.74) is 3.09. The lowest BCUT2D eigenvalue weighted by Gasteiger charge is -2.18. The maximum Gasteiger partial charge on any atom is 0.264 e. The van der Waals surface area contributed by atoms with Crippen molar-refractivity contribution in [2.75, 3.05) is 5.75 Å². The minimum absolute atomic E-state index is 0.00236. The van der Waals surface area contributed by atoms with Crippen molar-refractivity contribution in [3.63, 3.8) is 0 Å². The third-order valence-electron chi connectivity index (χ3n) is 4.91. The second-order valence-electron chi connectivity index (χ2n) is 7.15. The molecule has 1 N–H and O–H groups in total. The number of carbonyl (C=O) groups excluding carboxylic acids is 1. The van der Waals surface area contributed by atoms with Gasteiger partial charge in [0, 0.05) is 11.5 Å². The Hall–Kier alpha value is -2.96. The molecule has 0 radical (unpaired) electrons. The molecule has 3 aromatic rings. The Morgan fingerprint density at radius 3 is 2.37 bits per heavy atom. The topological polar surface area (TPSA) is 80.7 Å². The maximum absolute atomic E-state index is 13.3. The van der Waals surface area contributed by atoms with Crippen LogP contribution in [0.15, 0.2) is 78.9 Å². The molecule has 5 nitrogen and oxygen atoms in total. The molecule has 0 aliphatic carbocycles. The predicted octanol–water partition coefficient (Wildman–Crippen LogP) is 4.82. The van der Waals surface area contributed by atoms with Crippen molar-refractivity contribution in [3.05, 3.63) is 101 Å². The van der Waals surface area contributed by atoms with E-state index >= 15 is 0 Å². The molecule has 0 aliphatic rings.